The van der Waals surface area contributed by atoms with Crippen molar-refractivity contribution < 1.29 is 14.6 Å². The maximum atomic E-state index is 9.71. The number of piperazine rings is 1. The number of hydrogen-bond acceptors (Lipinski definition) is 9. The van der Waals surface area contributed by atoms with Gasteiger partial charge in [-0.05, 0) is 42.0 Å². The quantitative estimate of drug-likeness (QED) is 0.444. The van der Waals surface area contributed by atoms with Crippen LogP contribution >= 0.6 is 0 Å². The second-order valence-electron chi connectivity index (χ2n) is 9.68. The molecule has 5 rings (SSSR count). The van der Waals surface area contributed by atoms with E-state index in [1.807, 2.05) is 36.4 Å². The highest BCUT2D eigenvalue weighted by Crippen LogP contribution is 2.28. The molecule has 0 amide bonds. The predicted octanol–water partition coefficient (Wildman–Crippen LogP) is 3.43. The number of ether oxygens (including phenoxy) is 2. The van der Waals surface area contributed by atoms with Crippen LogP contribution in [0.2, 0.25) is 0 Å². The molecule has 0 aliphatic carbocycles. The van der Waals surface area contributed by atoms with Crippen LogP contribution in [0.4, 0.5) is 11.6 Å². The summed E-state index contributed by atoms with van der Waals surface area (Å²) in [5, 5.41) is 22.1. The number of nitrogens with zero attached hydrogens (tertiary/aromatic N) is 5. The van der Waals surface area contributed by atoms with Crippen molar-refractivity contribution in [1.29, 1.82) is 5.26 Å². The van der Waals surface area contributed by atoms with Gasteiger partial charge in [-0.2, -0.15) is 5.26 Å². The lowest BCUT2D eigenvalue weighted by Crippen LogP contribution is -2.46. The van der Waals surface area contributed by atoms with Crippen LogP contribution < -0.4 is 10.1 Å². The Balaban J connectivity index is 1.20. The molecule has 2 aromatic carbocycles. The highest BCUT2D eigenvalue weighted by Gasteiger charge is 2.18. The van der Waals surface area contributed by atoms with Crippen LogP contribution in [0.15, 0.2) is 54.7 Å². The first-order valence-corrected chi connectivity index (χ1v) is 13.2. The van der Waals surface area contributed by atoms with E-state index in [9.17, 15) is 5.26 Å². The van der Waals surface area contributed by atoms with E-state index in [4.69, 9.17) is 14.6 Å². The van der Waals surface area contributed by atoms with Gasteiger partial charge in [0.15, 0.2) is 0 Å². The van der Waals surface area contributed by atoms with Gasteiger partial charge in [-0.15, -0.1) is 0 Å². The monoisotopic (exact) mass is 514 g/mol. The zero-order valence-corrected chi connectivity index (χ0v) is 21.6. The molecule has 0 saturated carbocycles. The summed E-state index contributed by atoms with van der Waals surface area (Å²) >= 11 is 0. The molecule has 0 bridgehead atoms. The minimum Gasteiger partial charge on any atom is -0.489 e. The Morgan fingerprint density at radius 3 is 2.53 bits per heavy atom. The number of β-amino-alcohol motifs (C(OH)–C–C–N with tert-alkyl or cyclic N) is 1. The average molecular weight is 515 g/mol. The molecule has 2 aliphatic heterocycles. The van der Waals surface area contributed by atoms with Gasteiger partial charge in [0.1, 0.15) is 17.9 Å². The zero-order valence-electron chi connectivity index (χ0n) is 21.6. The molecular weight excluding hydrogens is 480 g/mol. The van der Waals surface area contributed by atoms with Gasteiger partial charge < -0.3 is 19.9 Å². The fourth-order valence-electron chi connectivity index (χ4n) is 4.83. The van der Waals surface area contributed by atoms with Crippen LogP contribution in [-0.2, 0) is 11.3 Å². The molecule has 0 unspecified atom stereocenters. The molecule has 0 spiro atoms. The van der Waals surface area contributed by atoms with E-state index < -0.39 is 0 Å². The first-order valence-electron chi connectivity index (χ1n) is 13.2. The Morgan fingerprint density at radius 2 is 1.79 bits per heavy atom. The van der Waals surface area contributed by atoms with Crippen LogP contribution in [-0.4, -0.2) is 83.5 Å². The molecule has 9 nitrogen and oxygen atoms in total. The van der Waals surface area contributed by atoms with Crippen LogP contribution in [0.5, 0.6) is 5.75 Å². The summed E-state index contributed by atoms with van der Waals surface area (Å²) in [7, 11) is 0. The van der Waals surface area contributed by atoms with Gasteiger partial charge in [-0.3, -0.25) is 9.80 Å². The second kappa shape index (κ2) is 12.8. The standard InChI is InChI=1S/C29H34N6O3/c30-20-24-19-23(3-6-28(24)38-26-8-17-37-18-9-26)27-7-10-31-29(33-27)32-25-4-1-22(2-5-25)21-35-13-11-34(12-14-35)15-16-36/h1-7,10,19,26,36H,8-9,11-18,21H2,(H,31,32,33). The summed E-state index contributed by atoms with van der Waals surface area (Å²) in [5.41, 5.74) is 4.23. The van der Waals surface area contributed by atoms with Gasteiger partial charge in [-0.25, -0.2) is 9.97 Å². The van der Waals surface area contributed by atoms with Crippen molar-refractivity contribution in [3.05, 3.63) is 65.9 Å². The molecule has 198 valence electrons. The Bertz CT molecular complexity index is 1230. The number of aliphatic hydroxyl groups is 1. The summed E-state index contributed by atoms with van der Waals surface area (Å²) in [6.45, 7) is 7.28. The zero-order chi connectivity index (χ0) is 26.2. The minimum absolute atomic E-state index is 0.0741. The molecule has 0 radical (unpaired) electrons. The summed E-state index contributed by atoms with van der Waals surface area (Å²) in [6.07, 6.45) is 3.45. The van der Waals surface area contributed by atoms with E-state index in [0.717, 1.165) is 69.1 Å². The van der Waals surface area contributed by atoms with Crippen molar-refractivity contribution in [2.45, 2.75) is 25.5 Å². The lowest BCUT2D eigenvalue weighted by molar-refractivity contribution is 0.0254. The molecule has 3 heterocycles. The number of aromatic nitrogens is 2. The second-order valence-corrected chi connectivity index (χ2v) is 9.68. The topological polar surface area (TPSA) is 107 Å². The first kappa shape index (κ1) is 26.1. The van der Waals surface area contributed by atoms with Crippen molar-refractivity contribution in [1.82, 2.24) is 19.8 Å². The molecule has 2 aliphatic rings. The number of rotatable bonds is 9. The van der Waals surface area contributed by atoms with Gasteiger partial charge in [0.2, 0.25) is 5.95 Å². The summed E-state index contributed by atoms with van der Waals surface area (Å²) in [4.78, 5) is 13.8. The average Bonchev–Trinajstić information content (AvgIpc) is 2.96. The van der Waals surface area contributed by atoms with Gasteiger partial charge in [0, 0.05) is 69.6 Å². The van der Waals surface area contributed by atoms with Crippen LogP contribution in [0, 0.1) is 11.3 Å². The first-order chi connectivity index (χ1) is 18.7. The van der Waals surface area contributed by atoms with Crippen LogP contribution in [0.3, 0.4) is 0 Å². The van der Waals surface area contributed by atoms with E-state index >= 15 is 0 Å². The Kier molecular flexibility index (Phi) is 8.78. The molecule has 2 N–H and O–H groups in total. The molecule has 9 heteroatoms. The van der Waals surface area contributed by atoms with Crippen LogP contribution in [0.25, 0.3) is 11.3 Å². The Hall–Kier alpha value is -3.55. The van der Waals surface area contributed by atoms with E-state index in [-0.39, 0.29) is 12.7 Å². The maximum absolute atomic E-state index is 9.71. The number of benzene rings is 2. The Morgan fingerprint density at radius 1 is 1.03 bits per heavy atom. The van der Waals surface area contributed by atoms with Crippen molar-refractivity contribution in [2.24, 2.45) is 0 Å². The third kappa shape index (κ3) is 6.85. The molecule has 2 saturated heterocycles. The van der Waals surface area contributed by atoms with E-state index in [1.54, 1.807) is 6.20 Å². The van der Waals surface area contributed by atoms with Crippen molar-refractivity contribution >= 4 is 11.6 Å². The van der Waals surface area contributed by atoms with Crippen molar-refractivity contribution in [2.75, 3.05) is 57.9 Å². The largest absolute Gasteiger partial charge is 0.489 e. The van der Waals surface area contributed by atoms with Crippen LogP contribution in [0.1, 0.15) is 24.0 Å². The van der Waals surface area contributed by atoms with Gasteiger partial charge in [0.25, 0.3) is 0 Å². The van der Waals surface area contributed by atoms with Gasteiger partial charge in [-0.1, -0.05) is 12.1 Å². The smallest absolute Gasteiger partial charge is 0.227 e. The number of anilines is 2. The number of nitriles is 1. The Labute approximate surface area is 223 Å². The predicted molar refractivity (Wildman–Crippen MR) is 145 cm³/mol. The number of nitrogens with one attached hydrogen (secondary N) is 1. The van der Waals surface area contributed by atoms with Gasteiger partial charge in [0.05, 0.1) is 31.1 Å². The molecule has 3 aromatic rings. The summed E-state index contributed by atoms with van der Waals surface area (Å²) in [5.74, 6) is 1.10. The SMILES string of the molecule is N#Cc1cc(-c2ccnc(Nc3ccc(CN4CCN(CCO)CC4)cc3)n2)ccc1OC1CCOCC1. The molecule has 2 fully saturated rings. The maximum Gasteiger partial charge on any atom is 0.227 e. The summed E-state index contributed by atoms with van der Waals surface area (Å²) in [6, 6.07) is 18.0. The third-order valence-corrected chi connectivity index (χ3v) is 7.01. The highest BCUT2D eigenvalue weighted by atomic mass is 16.5. The molecule has 0 atom stereocenters. The minimum atomic E-state index is 0.0741. The van der Waals surface area contributed by atoms with Gasteiger partial charge >= 0.3 is 0 Å². The van der Waals surface area contributed by atoms with Crippen molar-refractivity contribution in [3.8, 4) is 23.1 Å². The number of aliphatic hydroxyl groups excluding tert-OH is 1. The summed E-state index contributed by atoms with van der Waals surface area (Å²) < 4.78 is 11.5. The lowest BCUT2D eigenvalue weighted by atomic mass is 10.1. The molecule has 1 aromatic heterocycles. The highest BCUT2D eigenvalue weighted by molar-refractivity contribution is 5.65. The molecule has 38 heavy (non-hydrogen) atoms. The fourth-order valence-corrected chi connectivity index (χ4v) is 4.83. The van der Waals surface area contributed by atoms with E-state index in [1.165, 1.54) is 5.56 Å². The third-order valence-electron chi connectivity index (χ3n) is 7.01. The normalized spacial score (nSPS) is 17.2. The number of hydrogen-bond donors (Lipinski definition) is 2. The van der Waals surface area contributed by atoms with E-state index in [2.05, 4.69) is 43.3 Å². The molecular formula is C29H34N6O3. The lowest BCUT2D eigenvalue weighted by Gasteiger charge is -2.34. The van der Waals surface area contributed by atoms with Crippen molar-refractivity contribution in [3.63, 3.8) is 0 Å². The fraction of sp³-hybridized carbons (Fsp3) is 0.414. The van der Waals surface area contributed by atoms with E-state index in [0.29, 0.717) is 30.5 Å².